The highest BCUT2D eigenvalue weighted by Gasteiger charge is 2.01. The number of alkyl halides is 1. The lowest BCUT2D eigenvalue weighted by Gasteiger charge is -2.06. The Bertz CT molecular complexity index is 280. The Hall–Kier alpha value is -0.280. The van der Waals surface area contributed by atoms with E-state index < -0.39 is 0 Å². The van der Waals surface area contributed by atoms with Crippen molar-refractivity contribution in [2.75, 3.05) is 13.3 Å². The van der Waals surface area contributed by atoms with E-state index in [2.05, 4.69) is 15.9 Å². The summed E-state index contributed by atoms with van der Waals surface area (Å²) in [5, 5.41) is 0.544. The number of halogens is 3. The smallest absolute Gasteiger partial charge is 0.139 e. The lowest BCUT2D eigenvalue weighted by atomic mass is 10.3. The van der Waals surface area contributed by atoms with Crippen molar-refractivity contribution < 1.29 is 9.13 Å². The minimum absolute atomic E-state index is 0.354. The minimum atomic E-state index is -0.369. The van der Waals surface area contributed by atoms with Crippen molar-refractivity contribution in [3.05, 3.63) is 27.7 Å². The molecule has 72 valence electrons. The molecule has 1 rings (SSSR count). The minimum Gasteiger partial charge on any atom is -0.492 e. The monoisotopic (exact) mass is 266 g/mol. The average Bonchev–Trinajstić information content (AvgIpc) is 2.11. The van der Waals surface area contributed by atoms with Crippen LogP contribution in [0.25, 0.3) is 0 Å². The highest BCUT2D eigenvalue weighted by Crippen LogP contribution is 2.27. The van der Waals surface area contributed by atoms with Crippen LogP contribution >= 0.6 is 27.5 Å². The maximum absolute atomic E-state index is 11.8. The lowest BCUT2D eigenvalue weighted by Crippen LogP contribution is -1.98. The van der Waals surface area contributed by atoms with Crippen molar-refractivity contribution >= 4 is 27.5 Å². The molecule has 0 saturated heterocycles. The van der Waals surface area contributed by atoms with Crippen molar-refractivity contribution in [2.24, 2.45) is 0 Å². The van der Waals surface area contributed by atoms with Crippen LogP contribution < -0.4 is 4.74 Å². The third-order valence-electron chi connectivity index (χ3n) is 1.43. The van der Waals surface area contributed by atoms with Crippen molar-refractivity contribution in [1.29, 1.82) is 0 Å². The van der Waals surface area contributed by atoms with E-state index in [0.717, 1.165) is 4.47 Å². The van der Waals surface area contributed by atoms with E-state index in [1.54, 1.807) is 12.1 Å². The predicted octanol–water partition coefficient (Wildman–Crippen LogP) is 3.84. The zero-order valence-corrected chi connectivity index (χ0v) is 9.24. The van der Waals surface area contributed by atoms with E-state index in [0.29, 0.717) is 23.8 Å². The van der Waals surface area contributed by atoms with E-state index in [9.17, 15) is 4.39 Å². The molecule has 0 aliphatic rings. The molecule has 0 N–H and O–H groups in total. The second-order valence-electron chi connectivity index (χ2n) is 2.47. The maximum atomic E-state index is 11.8. The summed E-state index contributed by atoms with van der Waals surface area (Å²) in [5.41, 5.74) is 0. The van der Waals surface area contributed by atoms with Crippen LogP contribution in [0.5, 0.6) is 5.75 Å². The van der Waals surface area contributed by atoms with Gasteiger partial charge in [0.05, 0.1) is 18.3 Å². The van der Waals surface area contributed by atoms with Crippen molar-refractivity contribution in [1.82, 2.24) is 0 Å². The first-order valence-electron chi connectivity index (χ1n) is 3.88. The van der Waals surface area contributed by atoms with Crippen LogP contribution in [0.4, 0.5) is 4.39 Å². The zero-order chi connectivity index (χ0) is 9.68. The van der Waals surface area contributed by atoms with E-state index >= 15 is 0 Å². The average molecular weight is 268 g/mol. The van der Waals surface area contributed by atoms with Gasteiger partial charge in [0, 0.05) is 10.9 Å². The molecule has 0 spiro atoms. The van der Waals surface area contributed by atoms with Crippen LogP contribution in [0.2, 0.25) is 5.02 Å². The van der Waals surface area contributed by atoms with Gasteiger partial charge in [-0.1, -0.05) is 27.5 Å². The van der Waals surface area contributed by atoms with Gasteiger partial charge in [0.1, 0.15) is 5.75 Å². The first-order valence-corrected chi connectivity index (χ1v) is 5.05. The molecule has 0 bridgehead atoms. The second-order valence-corrected chi connectivity index (χ2v) is 3.79. The summed E-state index contributed by atoms with van der Waals surface area (Å²) in [4.78, 5) is 0. The van der Waals surface area contributed by atoms with E-state index in [1.807, 2.05) is 6.07 Å². The Balaban J connectivity index is 2.59. The number of rotatable bonds is 4. The van der Waals surface area contributed by atoms with Gasteiger partial charge in [0.15, 0.2) is 0 Å². The van der Waals surface area contributed by atoms with Crippen LogP contribution in [-0.2, 0) is 0 Å². The quantitative estimate of drug-likeness (QED) is 0.753. The molecule has 1 aromatic carbocycles. The van der Waals surface area contributed by atoms with Gasteiger partial charge in [-0.3, -0.25) is 4.39 Å². The summed E-state index contributed by atoms with van der Waals surface area (Å²) in [5.74, 6) is 0.587. The summed E-state index contributed by atoms with van der Waals surface area (Å²) in [6.45, 7) is -0.0156. The Morgan fingerprint density at radius 2 is 2.23 bits per heavy atom. The zero-order valence-electron chi connectivity index (χ0n) is 6.90. The van der Waals surface area contributed by atoms with Gasteiger partial charge in [-0.25, -0.2) is 0 Å². The van der Waals surface area contributed by atoms with Gasteiger partial charge in [-0.2, -0.15) is 0 Å². The summed E-state index contributed by atoms with van der Waals surface area (Å²) >= 11 is 9.13. The van der Waals surface area contributed by atoms with Crippen LogP contribution in [0.1, 0.15) is 6.42 Å². The Morgan fingerprint density at radius 3 is 2.92 bits per heavy atom. The third kappa shape index (κ3) is 3.53. The molecule has 0 aromatic heterocycles. The van der Waals surface area contributed by atoms with E-state index in [1.165, 1.54) is 0 Å². The Labute approximate surface area is 90.0 Å². The number of ether oxygens (including phenoxy) is 1. The summed E-state index contributed by atoms with van der Waals surface area (Å²) in [6.07, 6.45) is 0.392. The van der Waals surface area contributed by atoms with Gasteiger partial charge >= 0.3 is 0 Å². The molecule has 0 aliphatic carbocycles. The summed E-state index contributed by atoms with van der Waals surface area (Å²) < 4.78 is 17.9. The molecule has 0 heterocycles. The van der Waals surface area contributed by atoms with Crippen LogP contribution in [0.15, 0.2) is 22.7 Å². The molecule has 0 aliphatic heterocycles. The molecule has 4 heteroatoms. The molecule has 0 fully saturated rings. The molecule has 1 aromatic rings. The van der Waals surface area contributed by atoms with E-state index in [4.69, 9.17) is 16.3 Å². The third-order valence-corrected chi connectivity index (χ3v) is 2.23. The fourth-order valence-corrected chi connectivity index (χ4v) is 1.34. The maximum Gasteiger partial charge on any atom is 0.139 e. The summed E-state index contributed by atoms with van der Waals surface area (Å²) in [6, 6.07) is 5.32. The molecule has 0 unspecified atom stereocenters. The predicted molar refractivity (Wildman–Crippen MR) is 55.2 cm³/mol. The van der Waals surface area contributed by atoms with Gasteiger partial charge in [0.2, 0.25) is 0 Å². The normalized spacial score (nSPS) is 10.1. The SMILES string of the molecule is FCCCOc1cc(Br)ccc1Cl. The summed E-state index contributed by atoms with van der Waals surface area (Å²) in [7, 11) is 0. The highest BCUT2D eigenvalue weighted by atomic mass is 79.9. The largest absolute Gasteiger partial charge is 0.492 e. The molecule has 13 heavy (non-hydrogen) atoms. The molecular formula is C9H9BrClFO. The Morgan fingerprint density at radius 1 is 1.46 bits per heavy atom. The standard InChI is InChI=1S/C9H9BrClFO/c10-7-2-3-8(11)9(6-7)13-5-1-4-12/h2-3,6H,1,4-5H2. The Kier molecular flexibility index (Phi) is 4.53. The molecule has 0 atom stereocenters. The first kappa shape index (κ1) is 10.8. The lowest BCUT2D eigenvalue weighted by molar-refractivity contribution is 0.289. The van der Waals surface area contributed by atoms with Crippen LogP contribution in [0, 0.1) is 0 Å². The van der Waals surface area contributed by atoms with Crippen molar-refractivity contribution in [3.8, 4) is 5.75 Å². The molecule has 0 saturated carbocycles. The van der Waals surface area contributed by atoms with Crippen LogP contribution in [-0.4, -0.2) is 13.3 Å². The highest BCUT2D eigenvalue weighted by molar-refractivity contribution is 9.10. The van der Waals surface area contributed by atoms with Gasteiger partial charge in [-0.15, -0.1) is 0 Å². The fraction of sp³-hybridized carbons (Fsp3) is 0.333. The topological polar surface area (TPSA) is 9.23 Å². The van der Waals surface area contributed by atoms with E-state index in [-0.39, 0.29) is 6.67 Å². The van der Waals surface area contributed by atoms with Gasteiger partial charge < -0.3 is 4.74 Å². The molecule has 0 radical (unpaired) electrons. The first-order chi connectivity index (χ1) is 6.24. The second kappa shape index (κ2) is 5.45. The fourth-order valence-electron chi connectivity index (χ4n) is 0.824. The van der Waals surface area contributed by atoms with Crippen molar-refractivity contribution in [2.45, 2.75) is 6.42 Å². The van der Waals surface area contributed by atoms with Gasteiger partial charge in [0.25, 0.3) is 0 Å². The number of hydrogen-bond acceptors (Lipinski definition) is 1. The molecular weight excluding hydrogens is 258 g/mol. The molecule has 1 nitrogen and oxygen atoms in total. The van der Waals surface area contributed by atoms with Gasteiger partial charge in [-0.05, 0) is 18.2 Å². The van der Waals surface area contributed by atoms with Crippen molar-refractivity contribution in [3.63, 3.8) is 0 Å². The van der Waals surface area contributed by atoms with Crippen LogP contribution in [0.3, 0.4) is 0 Å². The molecule has 0 amide bonds. The number of hydrogen-bond donors (Lipinski definition) is 0. The number of benzene rings is 1.